The Morgan fingerprint density at radius 3 is 2.48 bits per heavy atom. The van der Waals surface area contributed by atoms with E-state index in [1.165, 1.54) is 17.7 Å². The van der Waals surface area contributed by atoms with Crippen molar-refractivity contribution in [1.29, 1.82) is 0 Å². The third-order valence-electron chi connectivity index (χ3n) is 8.38. The summed E-state index contributed by atoms with van der Waals surface area (Å²) < 4.78 is 22.8. The molecule has 0 saturated carbocycles. The number of hydrogen-bond acceptors (Lipinski definition) is 8. The van der Waals surface area contributed by atoms with Gasteiger partial charge in [-0.3, -0.25) is 4.68 Å². The summed E-state index contributed by atoms with van der Waals surface area (Å²) >= 11 is 0. The number of nitrogens with two attached hydrogens (primary N) is 1. The first-order valence-electron chi connectivity index (χ1n) is 14.2. The van der Waals surface area contributed by atoms with Gasteiger partial charge in [-0.25, -0.2) is 23.9 Å². The van der Waals surface area contributed by atoms with Crippen molar-refractivity contribution >= 4 is 17.0 Å². The summed E-state index contributed by atoms with van der Waals surface area (Å²) in [6, 6.07) is 8.73. The molecule has 6 heterocycles. The highest BCUT2D eigenvalue weighted by molar-refractivity contribution is 5.80. The lowest BCUT2D eigenvalue weighted by atomic mass is 9.87. The van der Waals surface area contributed by atoms with Gasteiger partial charge in [0.2, 0.25) is 5.95 Å². The Kier molecular flexibility index (Phi) is 6.75. The summed E-state index contributed by atoms with van der Waals surface area (Å²) in [5.41, 5.74) is 12.5. The van der Waals surface area contributed by atoms with Crippen molar-refractivity contribution in [3.05, 3.63) is 96.4 Å². The van der Waals surface area contributed by atoms with Crippen molar-refractivity contribution in [3.8, 4) is 11.1 Å². The maximum atomic E-state index is 13.4. The van der Waals surface area contributed by atoms with Crippen molar-refractivity contribution in [3.63, 3.8) is 0 Å². The Labute approximate surface area is 242 Å². The van der Waals surface area contributed by atoms with Crippen LogP contribution in [-0.2, 0) is 10.3 Å². The number of hydrogen-bond donors (Lipinski definition) is 1. The fourth-order valence-corrected chi connectivity index (χ4v) is 5.75. The molecular formula is C31H32FN9O. The number of nitrogens with zero attached hydrogens (tertiary/aromatic N) is 8. The lowest BCUT2D eigenvalue weighted by molar-refractivity contribution is 0.0662. The van der Waals surface area contributed by atoms with Gasteiger partial charge in [-0.2, -0.15) is 10.2 Å². The fraction of sp³-hybridized carbons (Fsp3) is 0.323. The molecule has 0 spiro atoms. The van der Waals surface area contributed by atoms with Crippen LogP contribution in [0.1, 0.15) is 49.0 Å². The number of fused-ring (bicyclic) bond motifs is 1. The summed E-state index contributed by atoms with van der Waals surface area (Å²) in [5.74, 6) is 0.347. The minimum atomic E-state index is -0.834. The van der Waals surface area contributed by atoms with E-state index in [1.54, 1.807) is 30.9 Å². The van der Waals surface area contributed by atoms with Gasteiger partial charge in [0.25, 0.3) is 0 Å². The van der Waals surface area contributed by atoms with E-state index in [-0.39, 0.29) is 5.82 Å². The smallest absolute Gasteiger partial charge is 0.225 e. The molecule has 5 aromatic rings. The van der Waals surface area contributed by atoms with Crippen LogP contribution in [0.3, 0.4) is 0 Å². The molecule has 1 fully saturated rings. The fourth-order valence-electron chi connectivity index (χ4n) is 5.75. The Hall–Kier alpha value is -4.48. The van der Waals surface area contributed by atoms with E-state index in [0.717, 1.165) is 72.5 Å². The Balaban J connectivity index is 1.08. The van der Waals surface area contributed by atoms with Crippen LogP contribution < -0.4 is 10.6 Å². The van der Waals surface area contributed by atoms with Crippen LogP contribution in [0.15, 0.2) is 73.7 Å². The predicted octanol–water partition coefficient (Wildman–Crippen LogP) is 4.39. The van der Waals surface area contributed by atoms with Crippen LogP contribution in [0.2, 0.25) is 0 Å². The summed E-state index contributed by atoms with van der Waals surface area (Å²) in [5, 5.41) is 9.11. The number of ether oxygens (including phenoxy) is 1. The van der Waals surface area contributed by atoms with E-state index in [4.69, 9.17) is 10.5 Å². The van der Waals surface area contributed by atoms with Crippen LogP contribution >= 0.6 is 0 Å². The molecule has 1 unspecified atom stereocenters. The van der Waals surface area contributed by atoms with Crippen LogP contribution in [0, 0.1) is 5.82 Å². The molecule has 11 heteroatoms. The monoisotopic (exact) mass is 565 g/mol. The molecule has 2 N–H and O–H groups in total. The van der Waals surface area contributed by atoms with E-state index in [0.29, 0.717) is 18.5 Å². The first kappa shape index (κ1) is 26.4. The lowest BCUT2D eigenvalue weighted by Crippen LogP contribution is -2.35. The van der Waals surface area contributed by atoms with Gasteiger partial charge in [0, 0.05) is 67.8 Å². The molecule has 2 aliphatic rings. The Morgan fingerprint density at radius 1 is 0.952 bits per heavy atom. The summed E-state index contributed by atoms with van der Waals surface area (Å²) in [4.78, 5) is 16.0. The zero-order chi connectivity index (χ0) is 28.7. The van der Waals surface area contributed by atoms with E-state index in [2.05, 4.69) is 53.1 Å². The molecular weight excluding hydrogens is 533 g/mol. The van der Waals surface area contributed by atoms with Crippen molar-refractivity contribution in [2.45, 2.75) is 37.8 Å². The molecule has 1 aromatic carbocycles. The number of halogens is 1. The largest absolute Gasteiger partial charge is 0.381 e. The SMILES string of the molecule is CC(N)(c1ccc(F)cc1)c1cnc(N2CC=C(c3ncnn4cc(-c5cnn(C6CCOCC6)c5)cc34)CC2)nc1. The maximum absolute atomic E-state index is 13.4. The second-order valence-electron chi connectivity index (χ2n) is 11.1. The molecule has 0 radical (unpaired) electrons. The molecule has 42 heavy (non-hydrogen) atoms. The Morgan fingerprint density at radius 2 is 1.74 bits per heavy atom. The maximum Gasteiger partial charge on any atom is 0.225 e. The third kappa shape index (κ3) is 4.94. The number of aromatic nitrogens is 7. The lowest BCUT2D eigenvalue weighted by Gasteiger charge is -2.28. The van der Waals surface area contributed by atoms with E-state index < -0.39 is 5.54 Å². The number of rotatable bonds is 6. The molecule has 7 rings (SSSR count). The summed E-state index contributed by atoms with van der Waals surface area (Å²) in [7, 11) is 0. The van der Waals surface area contributed by atoms with Crippen LogP contribution in [0.25, 0.3) is 22.2 Å². The van der Waals surface area contributed by atoms with Crippen molar-refractivity contribution < 1.29 is 9.13 Å². The standard InChI is InChI=1S/C31H32FN9O/c1-31(33,24-2-4-26(32)5-3-24)25-16-34-30(35-17-25)39-10-6-21(7-11-39)29-28-14-22(18-41(28)38-20-36-29)23-15-37-40(19-23)27-8-12-42-13-9-27/h2-6,14-20,27H,7-13,33H2,1H3. The van der Waals surface area contributed by atoms with Gasteiger partial charge in [-0.15, -0.1) is 0 Å². The van der Waals surface area contributed by atoms with Crippen molar-refractivity contribution in [2.24, 2.45) is 5.73 Å². The van der Waals surface area contributed by atoms with E-state index in [1.807, 2.05) is 23.8 Å². The molecule has 0 amide bonds. The molecule has 10 nitrogen and oxygen atoms in total. The van der Waals surface area contributed by atoms with Gasteiger partial charge in [0.15, 0.2) is 0 Å². The normalized spacial score (nSPS) is 17.8. The number of anilines is 1. The quantitative estimate of drug-likeness (QED) is 0.323. The van der Waals surface area contributed by atoms with Crippen LogP contribution in [0.4, 0.5) is 10.3 Å². The Bertz CT molecular complexity index is 1730. The average Bonchev–Trinajstić information content (AvgIpc) is 3.70. The molecule has 1 saturated heterocycles. The highest BCUT2D eigenvalue weighted by Crippen LogP contribution is 2.31. The highest BCUT2D eigenvalue weighted by Gasteiger charge is 2.26. The average molecular weight is 566 g/mol. The summed E-state index contributed by atoms with van der Waals surface area (Å²) in [6.45, 7) is 4.86. The van der Waals surface area contributed by atoms with Crippen LogP contribution in [-0.4, -0.2) is 60.6 Å². The molecule has 4 aromatic heterocycles. The second kappa shape index (κ2) is 10.7. The minimum absolute atomic E-state index is 0.295. The van der Waals surface area contributed by atoms with Crippen LogP contribution in [0.5, 0.6) is 0 Å². The third-order valence-corrected chi connectivity index (χ3v) is 8.38. The predicted molar refractivity (Wildman–Crippen MR) is 157 cm³/mol. The van der Waals surface area contributed by atoms with Gasteiger partial charge in [-0.05, 0) is 55.5 Å². The van der Waals surface area contributed by atoms with Gasteiger partial charge >= 0.3 is 0 Å². The first-order valence-corrected chi connectivity index (χ1v) is 14.2. The van der Waals surface area contributed by atoms with Gasteiger partial charge in [-0.1, -0.05) is 18.2 Å². The first-order chi connectivity index (χ1) is 20.5. The van der Waals surface area contributed by atoms with Gasteiger partial charge in [0.05, 0.1) is 29.0 Å². The van der Waals surface area contributed by atoms with E-state index >= 15 is 0 Å². The molecule has 0 aliphatic carbocycles. The van der Waals surface area contributed by atoms with Crippen molar-refractivity contribution in [2.75, 3.05) is 31.2 Å². The molecule has 214 valence electrons. The topological polar surface area (TPSA) is 112 Å². The molecule has 1 atom stereocenters. The van der Waals surface area contributed by atoms with Gasteiger partial charge < -0.3 is 15.4 Å². The number of benzene rings is 1. The second-order valence-corrected chi connectivity index (χ2v) is 11.1. The van der Waals surface area contributed by atoms with E-state index in [9.17, 15) is 4.39 Å². The minimum Gasteiger partial charge on any atom is -0.381 e. The molecule has 0 bridgehead atoms. The zero-order valence-electron chi connectivity index (χ0n) is 23.4. The van der Waals surface area contributed by atoms with Crippen molar-refractivity contribution in [1.82, 2.24) is 34.3 Å². The zero-order valence-corrected chi connectivity index (χ0v) is 23.4. The van der Waals surface area contributed by atoms with Gasteiger partial charge in [0.1, 0.15) is 12.1 Å². The summed E-state index contributed by atoms with van der Waals surface area (Å²) in [6.07, 6.45) is 16.1. The molecule has 2 aliphatic heterocycles. The highest BCUT2D eigenvalue weighted by atomic mass is 19.1.